The van der Waals surface area contributed by atoms with Crippen molar-refractivity contribution in [3.05, 3.63) is 98.2 Å². The van der Waals surface area contributed by atoms with Crippen molar-refractivity contribution in [2.75, 3.05) is 20.7 Å². The number of imidazole rings is 1. The summed E-state index contributed by atoms with van der Waals surface area (Å²) in [6, 6.07) is 10.2. The number of ketones is 2. The molecule has 307 valence electrons. The second kappa shape index (κ2) is 17.6. The molecule has 2 aromatic carbocycles. The molecule has 7 rings (SSSR count). The van der Waals surface area contributed by atoms with Gasteiger partial charge in [0.05, 0.1) is 23.8 Å². The summed E-state index contributed by atoms with van der Waals surface area (Å²) in [6.45, 7) is 3.14. The van der Waals surface area contributed by atoms with E-state index in [1.54, 1.807) is 25.1 Å². The van der Waals surface area contributed by atoms with Crippen LogP contribution in [0, 0.1) is 28.9 Å². The van der Waals surface area contributed by atoms with Gasteiger partial charge >= 0.3 is 81.9 Å². The van der Waals surface area contributed by atoms with E-state index in [-0.39, 0.29) is 60.4 Å². The number of nitrogens with zero attached hydrogens (tertiary/aromatic N) is 4. The van der Waals surface area contributed by atoms with Crippen molar-refractivity contribution in [2.24, 2.45) is 17.6 Å². The quantitative estimate of drug-likeness (QED) is 0.0771. The number of carbonyl (C=O) groups excluding carboxylic acids is 4. The topological polar surface area (TPSA) is 330 Å². The van der Waals surface area contributed by atoms with Crippen molar-refractivity contribution < 1.29 is 65.8 Å². The average Bonchev–Trinajstić information content (AvgIpc) is 3.49. The number of aryl methyl sites for hydroxylation is 1. The molecule has 1 fully saturated rings. The molecule has 0 spiro atoms. The Morgan fingerprint density at radius 2 is 1.75 bits per heavy atom. The van der Waals surface area contributed by atoms with Gasteiger partial charge in [-0.3, -0.25) is 19.3 Å². The summed E-state index contributed by atoms with van der Waals surface area (Å²) < 4.78 is 11.4. The van der Waals surface area contributed by atoms with Gasteiger partial charge in [-0.2, -0.15) is 0 Å². The fraction of sp³-hybridized carbons (Fsp3) is 0.343. The van der Waals surface area contributed by atoms with Gasteiger partial charge in [0.25, 0.3) is 5.91 Å². The van der Waals surface area contributed by atoms with E-state index in [2.05, 4.69) is 4.98 Å². The van der Waals surface area contributed by atoms with Crippen LogP contribution in [0.15, 0.2) is 65.6 Å². The number of aromatic nitrogens is 2. The molecule has 0 bridgehead atoms. The van der Waals surface area contributed by atoms with E-state index < -0.39 is 104 Å². The second-order valence-corrected chi connectivity index (χ2v) is 15.3. The number of phenolic OH excluding ortho intramolecular Hbond substituents is 1. The van der Waals surface area contributed by atoms with Crippen LogP contribution in [0.25, 0.3) is 5.76 Å². The summed E-state index contributed by atoms with van der Waals surface area (Å²) in [6.07, 6.45) is 0.986. The first kappa shape index (κ1) is 46.4. The molecule has 3 aliphatic carbocycles. The zero-order chi connectivity index (χ0) is 40.7. The van der Waals surface area contributed by atoms with E-state index in [9.17, 15) is 54.8 Å². The van der Waals surface area contributed by atoms with Crippen LogP contribution in [-0.2, 0) is 29.3 Å². The van der Waals surface area contributed by atoms with Crippen molar-refractivity contribution in [1.29, 1.82) is 0 Å². The number of aliphatic hydroxyl groups is 5. The zero-order valence-corrected chi connectivity index (χ0v) is 34.9. The van der Waals surface area contributed by atoms with Gasteiger partial charge in [0, 0.05) is 24.3 Å². The SMILES string of the molecule is CN(C)[C@@H]1C(=O)C(C(N)=O)=C(O)[C@@]2(O)C(=O)C3=C(O)c4c(O)cccc4[C@@](C)(O)[C@H]3C[C@@H]12.Cc1ncc([N+](=O)[O-])n1CCO.Cl.O.O=C1[O][Bi][O]c2ccccc21. The van der Waals surface area contributed by atoms with Gasteiger partial charge in [-0.15, -0.1) is 12.4 Å². The summed E-state index contributed by atoms with van der Waals surface area (Å²) in [7, 11) is 3.01. The van der Waals surface area contributed by atoms with E-state index in [1.807, 2.05) is 6.07 Å². The summed E-state index contributed by atoms with van der Waals surface area (Å²) >= 11 is -1.43. The minimum atomic E-state index is -2.75. The molecule has 5 atom stereocenters. The number of aliphatic hydroxyl groups excluding tert-OH is 3. The fourth-order valence-corrected chi connectivity index (χ4v) is 9.06. The Morgan fingerprint density at radius 3 is 2.33 bits per heavy atom. The molecule has 3 aromatic rings. The number of benzene rings is 2. The van der Waals surface area contributed by atoms with Gasteiger partial charge in [0.1, 0.15) is 35.6 Å². The van der Waals surface area contributed by atoms with Crippen molar-refractivity contribution in [3.8, 4) is 11.5 Å². The van der Waals surface area contributed by atoms with Crippen LogP contribution in [0.3, 0.4) is 0 Å². The fourth-order valence-electron chi connectivity index (χ4n) is 7.34. The molecule has 1 radical (unpaired) electrons. The first-order chi connectivity index (χ1) is 25.8. The standard InChI is InChI=1S/C22H24N2O8.C7H6O3.C6H9N3O3.Bi.ClH.H2O/c1-21(31)8-5-4-6-11(25)12(8)16(26)13-9(21)7-10-15(24(2)3)17(27)14(20(23)30)19(29)22(10,32)18(13)28;8-6-4-2-1-3-5(6)7(9)10;1-5-7-4-6(9(11)12)8(5)2-3-10;;;/h4-6,9-10,15,25-26,29,31-32H,7H2,1-3H3,(H2,23,30);1-4,8H,(H,9,10);4,10H,2-3H2,1H3;;1H;1H2/q;;;+2;;/p-2/t9-,10-,15-,21+,22-;;;;;/m0...../s1. The van der Waals surface area contributed by atoms with Crippen LogP contribution in [0.2, 0.25) is 0 Å². The number of likely N-dealkylation sites (N-methyl/N-ethyl adjacent to an activating group) is 1. The predicted octanol–water partition coefficient (Wildman–Crippen LogP) is 0.0881. The Kier molecular flexibility index (Phi) is 14.3. The molecule has 1 saturated carbocycles. The maximum absolute atomic E-state index is 13.7. The van der Waals surface area contributed by atoms with Gasteiger partial charge in [0.15, 0.2) is 17.2 Å². The van der Waals surface area contributed by atoms with E-state index in [1.165, 1.54) is 54.9 Å². The number of para-hydroxylation sites is 1. The molecule has 1 amide bonds. The Bertz CT molecular complexity index is 2170. The Morgan fingerprint density at radius 1 is 1.11 bits per heavy atom. The number of primary amides is 1. The normalized spacial score (nSPS) is 24.3. The van der Waals surface area contributed by atoms with Gasteiger partial charge in [-0.05, 0) is 44.0 Å². The Hall–Kier alpha value is -5.02. The molecule has 1 aromatic heterocycles. The summed E-state index contributed by atoms with van der Waals surface area (Å²) in [5.74, 6) is -6.99. The van der Waals surface area contributed by atoms with Crippen LogP contribution < -0.4 is 8.55 Å². The molecule has 1 aliphatic heterocycles. The zero-order valence-electron chi connectivity index (χ0n) is 30.6. The number of hydrogen-bond acceptors (Lipinski definition) is 16. The number of halogens is 1. The number of hydrogen-bond donors (Lipinski definition) is 7. The molecule has 20 nitrogen and oxygen atoms in total. The molecular weight excluding hydrogens is 975 g/mol. The average molecular weight is 1020 g/mol. The number of rotatable bonds is 5. The third kappa shape index (κ3) is 7.96. The molecule has 57 heavy (non-hydrogen) atoms. The van der Waals surface area contributed by atoms with Gasteiger partial charge in [-0.1, -0.05) is 12.1 Å². The van der Waals surface area contributed by atoms with Crippen LogP contribution >= 0.6 is 12.4 Å². The number of Topliss-reactive ketones (excluding diaryl/α,β-unsaturated/α-hetero) is 2. The number of nitrogens with two attached hydrogens (primary N) is 1. The second-order valence-electron chi connectivity index (χ2n) is 13.3. The monoisotopic (exact) mass is 1010 g/mol. The number of aromatic hydroxyl groups is 1. The maximum atomic E-state index is 13.7. The number of fused-ring (bicyclic) bond motifs is 4. The van der Waals surface area contributed by atoms with Crippen molar-refractivity contribution in [3.63, 3.8) is 0 Å². The van der Waals surface area contributed by atoms with Crippen LogP contribution in [0.1, 0.15) is 40.7 Å². The summed E-state index contributed by atoms with van der Waals surface area (Å²) in [5, 5.41) is 73.9. The first-order valence-electron chi connectivity index (χ1n) is 16.5. The van der Waals surface area contributed by atoms with E-state index in [4.69, 9.17) is 16.5 Å². The molecule has 10 N–H and O–H groups in total. The Balaban J connectivity index is 0.000000284. The number of nitro groups is 1. The Labute approximate surface area is 342 Å². The molecule has 2 heterocycles. The molecule has 0 unspecified atom stereocenters. The van der Waals surface area contributed by atoms with Crippen molar-refractivity contribution in [1.82, 2.24) is 14.5 Å². The summed E-state index contributed by atoms with van der Waals surface area (Å²) in [5.41, 5.74) is -0.00394. The van der Waals surface area contributed by atoms with Crippen molar-refractivity contribution >= 4 is 71.5 Å². The third-order valence-corrected chi connectivity index (χ3v) is 11.9. The molecular formula is C35H40BiClN5O15. The predicted molar refractivity (Wildman–Crippen MR) is 200 cm³/mol. The molecule has 4 aliphatic rings. The van der Waals surface area contributed by atoms with Crippen LogP contribution in [-0.4, -0.2) is 135 Å². The van der Waals surface area contributed by atoms with Gasteiger partial charge in [0.2, 0.25) is 5.78 Å². The third-order valence-electron chi connectivity index (χ3n) is 9.93. The van der Waals surface area contributed by atoms with Gasteiger partial charge < -0.3 is 52.0 Å². The van der Waals surface area contributed by atoms with Crippen LogP contribution in [0.5, 0.6) is 11.5 Å². The number of carbonyl (C=O) groups is 4. The number of amides is 1. The van der Waals surface area contributed by atoms with Gasteiger partial charge in [-0.25, -0.2) is 9.55 Å². The van der Waals surface area contributed by atoms with E-state index in [0.29, 0.717) is 17.1 Å². The number of phenols is 1. The molecule has 22 heteroatoms. The van der Waals surface area contributed by atoms with Crippen LogP contribution in [0.4, 0.5) is 5.82 Å². The molecule has 0 saturated heterocycles. The van der Waals surface area contributed by atoms with E-state index >= 15 is 0 Å². The van der Waals surface area contributed by atoms with E-state index in [0.717, 1.165) is 0 Å². The van der Waals surface area contributed by atoms with Crippen molar-refractivity contribution in [2.45, 2.75) is 44.1 Å². The summed E-state index contributed by atoms with van der Waals surface area (Å²) in [4.78, 5) is 64.6. The minimum absolute atomic E-state index is 0. The first-order valence-corrected chi connectivity index (χ1v) is 19.3.